The first-order valence-electron chi connectivity index (χ1n) is 8.49. The van der Waals surface area contributed by atoms with Crippen molar-refractivity contribution in [3.63, 3.8) is 0 Å². The normalized spacial score (nSPS) is 13.3. The van der Waals surface area contributed by atoms with Crippen molar-refractivity contribution < 1.29 is 22.3 Å². The summed E-state index contributed by atoms with van der Waals surface area (Å²) in [7, 11) is 1.52. The standard InChI is InChI=1S/C19H21F4N5O/c1-29-8-2-3-13-4-7-18(26-10-13)19(22,23)16(11-28(25)12-27-24)15-6-5-14(20)9-17(15)21/h2-7,9-10,12,16H,8,11,24-25H2,1H3/b3-2-,27-12-. The molecule has 0 aliphatic carbocycles. The van der Waals surface area contributed by atoms with Crippen LogP contribution in [0.1, 0.15) is 22.7 Å². The molecule has 0 spiro atoms. The predicted octanol–water partition coefficient (Wildman–Crippen LogP) is 2.97. The molecule has 0 saturated heterocycles. The molecule has 2 aromatic rings. The van der Waals surface area contributed by atoms with Crippen LogP contribution in [0.25, 0.3) is 6.08 Å². The van der Waals surface area contributed by atoms with Crippen LogP contribution >= 0.6 is 0 Å². The number of hydrazone groups is 1. The summed E-state index contributed by atoms with van der Waals surface area (Å²) >= 11 is 0. The smallest absolute Gasteiger partial charge is 0.298 e. The second kappa shape index (κ2) is 9.99. The Kier molecular flexibility index (Phi) is 7.68. The van der Waals surface area contributed by atoms with Crippen LogP contribution < -0.4 is 11.7 Å². The van der Waals surface area contributed by atoms with E-state index in [1.165, 1.54) is 19.4 Å². The largest absolute Gasteiger partial charge is 0.381 e. The summed E-state index contributed by atoms with van der Waals surface area (Å²) in [5, 5.41) is 3.96. The van der Waals surface area contributed by atoms with E-state index in [0.717, 1.165) is 29.5 Å². The maximum Gasteiger partial charge on any atom is 0.298 e. The fraction of sp³-hybridized carbons (Fsp3) is 0.263. The molecule has 0 fully saturated rings. The van der Waals surface area contributed by atoms with Crippen molar-refractivity contribution in [2.75, 3.05) is 20.3 Å². The molecule has 4 N–H and O–H groups in total. The summed E-state index contributed by atoms with van der Waals surface area (Å²) < 4.78 is 63.0. The Bertz CT molecular complexity index is 858. The molecule has 0 amide bonds. The second-order valence-corrected chi connectivity index (χ2v) is 6.14. The third-order valence-corrected chi connectivity index (χ3v) is 4.08. The van der Waals surface area contributed by atoms with Gasteiger partial charge in [-0.25, -0.2) is 14.6 Å². The topological polar surface area (TPSA) is 89.8 Å². The molecule has 2 rings (SSSR count). The number of nitrogens with zero attached hydrogens (tertiary/aromatic N) is 3. The van der Waals surface area contributed by atoms with Crippen molar-refractivity contribution in [1.82, 2.24) is 9.99 Å². The first-order valence-corrected chi connectivity index (χ1v) is 8.49. The highest BCUT2D eigenvalue weighted by Crippen LogP contribution is 2.42. The van der Waals surface area contributed by atoms with E-state index in [1.54, 1.807) is 12.2 Å². The number of hydrogen-bond donors (Lipinski definition) is 2. The number of hydrogen-bond acceptors (Lipinski definition) is 5. The minimum absolute atomic E-state index is 0.360. The van der Waals surface area contributed by atoms with Crippen molar-refractivity contribution in [3.8, 4) is 0 Å². The zero-order valence-electron chi connectivity index (χ0n) is 15.6. The molecule has 0 bridgehead atoms. The number of alkyl halides is 2. The van der Waals surface area contributed by atoms with Crippen LogP contribution in [0.2, 0.25) is 0 Å². The molecule has 0 aliphatic heterocycles. The van der Waals surface area contributed by atoms with Crippen LogP contribution in [0.5, 0.6) is 0 Å². The summed E-state index contributed by atoms with van der Waals surface area (Å²) in [5.41, 5.74) is -0.418. The number of aromatic nitrogens is 1. The molecule has 0 saturated carbocycles. The lowest BCUT2D eigenvalue weighted by Crippen LogP contribution is -2.40. The molecule has 1 heterocycles. The van der Waals surface area contributed by atoms with Crippen molar-refractivity contribution in [2.24, 2.45) is 16.8 Å². The molecule has 0 radical (unpaired) electrons. The Morgan fingerprint density at radius 2 is 2.03 bits per heavy atom. The van der Waals surface area contributed by atoms with Gasteiger partial charge in [-0.3, -0.25) is 9.99 Å². The molecule has 1 aromatic heterocycles. The van der Waals surface area contributed by atoms with E-state index in [2.05, 4.69) is 10.1 Å². The number of benzene rings is 1. The number of pyridine rings is 1. The predicted molar refractivity (Wildman–Crippen MR) is 102 cm³/mol. The minimum atomic E-state index is -3.63. The maximum atomic E-state index is 15.3. The van der Waals surface area contributed by atoms with Crippen molar-refractivity contribution in [3.05, 3.63) is 71.1 Å². The van der Waals surface area contributed by atoms with Crippen LogP contribution in [0, 0.1) is 11.6 Å². The molecule has 1 aromatic carbocycles. The van der Waals surface area contributed by atoms with Gasteiger partial charge in [0.2, 0.25) is 0 Å². The molecule has 29 heavy (non-hydrogen) atoms. The van der Waals surface area contributed by atoms with E-state index in [1.807, 2.05) is 0 Å². The minimum Gasteiger partial charge on any atom is -0.381 e. The van der Waals surface area contributed by atoms with Gasteiger partial charge in [-0.2, -0.15) is 13.9 Å². The Labute approximate surface area is 165 Å². The van der Waals surface area contributed by atoms with Crippen LogP contribution in [0.4, 0.5) is 17.6 Å². The summed E-state index contributed by atoms with van der Waals surface area (Å²) in [6, 6.07) is 4.98. The van der Waals surface area contributed by atoms with Gasteiger partial charge in [0.1, 0.15) is 23.7 Å². The maximum absolute atomic E-state index is 15.3. The number of rotatable bonds is 9. The summed E-state index contributed by atoms with van der Waals surface area (Å²) in [6.45, 7) is -0.188. The number of nitrogens with two attached hydrogens (primary N) is 2. The third-order valence-electron chi connectivity index (χ3n) is 4.08. The van der Waals surface area contributed by atoms with E-state index in [-0.39, 0.29) is 0 Å². The Morgan fingerprint density at radius 3 is 2.62 bits per heavy atom. The molecular formula is C19H21F4N5O. The highest BCUT2D eigenvalue weighted by Gasteiger charge is 2.45. The quantitative estimate of drug-likeness (QED) is 0.218. The van der Waals surface area contributed by atoms with Crippen LogP contribution in [0.3, 0.4) is 0 Å². The van der Waals surface area contributed by atoms with Gasteiger partial charge < -0.3 is 10.6 Å². The van der Waals surface area contributed by atoms with Crippen molar-refractivity contribution in [2.45, 2.75) is 11.8 Å². The summed E-state index contributed by atoms with van der Waals surface area (Å²) in [4.78, 5) is 3.82. The van der Waals surface area contributed by atoms with Gasteiger partial charge in [0.25, 0.3) is 5.92 Å². The average molecular weight is 411 g/mol. The Balaban J connectivity index is 2.41. The number of hydrazine groups is 1. The molecule has 0 aliphatic rings. The fourth-order valence-electron chi connectivity index (χ4n) is 2.70. The lowest BCUT2D eigenvalue weighted by molar-refractivity contribution is -0.0443. The van der Waals surface area contributed by atoms with E-state index in [0.29, 0.717) is 18.2 Å². The zero-order valence-corrected chi connectivity index (χ0v) is 15.6. The first-order chi connectivity index (χ1) is 13.8. The van der Waals surface area contributed by atoms with Gasteiger partial charge >= 0.3 is 0 Å². The molecule has 10 heteroatoms. The average Bonchev–Trinajstić information content (AvgIpc) is 2.67. The Morgan fingerprint density at radius 1 is 1.28 bits per heavy atom. The van der Waals surface area contributed by atoms with Crippen LogP contribution in [-0.2, 0) is 10.7 Å². The van der Waals surface area contributed by atoms with Crippen LogP contribution in [-0.4, -0.2) is 36.6 Å². The lowest BCUT2D eigenvalue weighted by atomic mass is 9.89. The van der Waals surface area contributed by atoms with Gasteiger partial charge in [0.15, 0.2) is 0 Å². The molecule has 156 valence electrons. The third kappa shape index (κ3) is 5.75. The number of halogens is 4. The SMILES string of the molecule is COC/C=C\c1ccc(C(F)(F)C(CN(N)/C=N\N)c2ccc(F)cc2F)nc1. The van der Waals surface area contributed by atoms with Crippen LogP contribution in [0.15, 0.2) is 47.7 Å². The Hall–Kier alpha value is -2.98. The van der Waals surface area contributed by atoms with E-state index in [9.17, 15) is 8.78 Å². The van der Waals surface area contributed by atoms with E-state index >= 15 is 8.78 Å². The molecule has 1 atom stereocenters. The van der Waals surface area contributed by atoms with Gasteiger partial charge in [0.05, 0.1) is 12.5 Å². The fourth-order valence-corrected chi connectivity index (χ4v) is 2.70. The summed E-state index contributed by atoms with van der Waals surface area (Å²) in [6.07, 6.45) is 5.54. The van der Waals surface area contributed by atoms with E-state index < -0.39 is 41.3 Å². The molecule has 1 unspecified atom stereocenters. The first kappa shape index (κ1) is 22.3. The number of ether oxygens (including phenoxy) is 1. The van der Waals surface area contributed by atoms with E-state index in [4.69, 9.17) is 16.4 Å². The molecular weight excluding hydrogens is 390 g/mol. The highest BCUT2D eigenvalue weighted by atomic mass is 19.3. The zero-order chi connectivity index (χ0) is 21.4. The van der Waals surface area contributed by atoms with Gasteiger partial charge in [-0.05, 0) is 23.3 Å². The molecule has 6 nitrogen and oxygen atoms in total. The van der Waals surface area contributed by atoms with Gasteiger partial charge in [-0.1, -0.05) is 24.3 Å². The lowest BCUT2D eigenvalue weighted by Gasteiger charge is -2.29. The number of methoxy groups -OCH3 is 1. The van der Waals surface area contributed by atoms with Crippen molar-refractivity contribution >= 4 is 12.4 Å². The van der Waals surface area contributed by atoms with Crippen molar-refractivity contribution in [1.29, 1.82) is 0 Å². The van der Waals surface area contributed by atoms with Gasteiger partial charge in [-0.15, -0.1) is 0 Å². The summed E-state index contributed by atoms with van der Waals surface area (Å²) in [5.74, 6) is 3.17. The highest BCUT2D eigenvalue weighted by molar-refractivity contribution is 5.53. The monoisotopic (exact) mass is 411 g/mol. The van der Waals surface area contributed by atoms with Gasteiger partial charge in [0, 0.05) is 25.9 Å². The second-order valence-electron chi connectivity index (χ2n) is 6.14.